The highest BCUT2D eigenvalue weighted by Crippen LogP contribution is 2.43. The second-order valence-electron chi connectivity index (χ2n) is 3.68. The van der Waals surface area contributed by atoms with Crippen LogP contribution in [-0.4, -0.2) is 16.8 Å². The first-order valence-electron chi connectivity index (χ1n) is 4.49. The molecule has 2 heteroatoms. The second-order valence-corrected chi connectivity index (χ2v) is 5.28. The summed E-state index contributed by atoms with van der Waals surface area (Å²) < 4.78 is 0. The molecule has 2 saturated heterocycles. The van der Waals surface area contributed by atoms with Gasteiger partial charge in [0.1, 0.15) is 6.29 Å². The minimum atomic E-state index is 0.395. The van der Waals surface area contributed by atoms with E-state index < -0.39 is 0 Å². The van der Waals surface area contributed by atoms with Crippen LogP contribution in [0.25, 0.3) is 0 Å². The molecule has 2 rings (SSSR count). The van der Waals surface area contributed by atoms with Crippen LogP contribution in [0.15, 0.2) is 0 Å². The van der Waals surface area contributed by atoms with Crippen molar-refractivity contribution < 1.29 is 4.79 Å². The number of rotatable bonds is 1. The van der Waals surface area contributed by atoms with Crippen molar-refractivity contribution in [2.75, 3.05) is 0 Å². The van der Waals surface area contributed by atoms with Gasteiger partial charge in [0.2, 0.25) is 0 Å². The summed E-state index contributed by atoms with van der Waals surface area (Å²) >= 11 is 2.13. The van der Waals surface area contributed by atoms with E-state index in [-0.39, 0.29) is 0 Å². The van der Waals surface area contributed by atoms with Crippen LogP contribution in [0, 0.1) is 5.92 Å². The van der Waals surface area contributed by atoms with Crippen molar-refractivity contribution >= 4 is 18.0 Å². The fourth-order valence-electron chi connectivity index (χ4n) is 2.21. The van der Waals surface area contributed by atoms with Gasteiger partial charge >= 0.3 is 0 Å². The number of aldehydes is 1. The molecule has 2 atom stereocenters. The maximum Gasteiger partial charge on any atom is 0.123 e. The van der Waals surface area contributed by atoms with Gasteiger partial charge in [0.15, 0.2) is 0 Å². The lowest BCUT2D eigenvalue weighted by molar-refractivity contribution is -0.111. The molecule has 62 valence electrons. The Balaban J connectivity index is 1.99. The molecular weight excluding hydrogens is 156 g/mol. The van der Waals surface area contributed by atoms with Crippen LogP contribution >= 0.6 is 11.8 Å². The van der Waals surface area contributed by atoms with Crippen molar-refractivity contribution in [3.63, 3.8) is 0 Å². The first kappa shape index (κ1) is 7.66. The lowest BCUT2D eigenvalue weighted by Gasteiger charge is -2.36. The highest BCUT2D eigenvalue weighted by atomic mass is 32.2. The van der Waals surface area contributed by atoms with E-state index in [4.69, 9.17) is 0 Å². The molecule has 2 unspecified atom stereocenters. The number of hydrogen-bond acceptors (Lipinski definition) is 2. The molecule has 0 saturated carbocycles. The van der Waals surface area contributed by atoms with Crippen LogP contribution in [0.2, 0.25) is 0 Å². The van der Waals surface area contributed by atoms with Crippen LogP contribution in [0.4, 0.5) is 0 Å². The van der Waals surface area contributed by atoms with E-state index in [1.54, 1.807) is 0 Å². The lowest BCUT2D eigenvalue weighted by Crippen LogP contribution is -2.29. The summed E-state index contributed by atoms with van der Waals surface area (Å²) in [5.41, 5.74) is 0. The Morgan fingerprint density at radius 1 is 1.18 bits per heavy atom. The van der Waals surface area contributed by atoms with Gasteiger partial charge in [0.25, 0.3) is 0 Å². The molecule has 0 aromatic heterocycles. The molecular formula is C9H14OS. The average Bonchev–Trinajstić information content (AvgIpc) is 2.03. The van der Waals surface area contributed by atoms with Crippen molar-refractivity contribution in [2.45, 2.75) is 42.6 Å². The summed E-state index contributed by atoms with van der Waals surface area (Å²) in [5.74, 6) is 0.395. The van der Waals surface area contributed by atoms with Crippen molar-refractivity contribution in [3.05, 3.63) is 0 Å². The molecule has 0 aromatic rings. The maximum absolute atomic E-state index is 10.6. The molecule has 0 spiro atoms. The smallest absolute Gasteiger partial charge is 0.123 e. The third-order valence-electron chi connectivity index (χ3n) is 2.76. The predicted molar refractivity (Wildman–Crippen MR) is 47.8 cm³/mol. The minimum Gasteiger partial charge on any atom is -0.303 e. The van der Waals surface area contributed by atoms with E-state index in [9.17, 15) is 4.79 Å². The Kier molecular flexibility index (Phi) is 2.21. The summed E-state index contributed by atoms with van der Waals surface area (Å²) in [4.78, 5) is 10.6. The lowest BCUT2D eigenvalue weighted by atomic mass is 9.91. The third-order valence-corrected chi connectivity index (χ3v) is 4.39. The van der Waals surface area contributed by atoms with Gasteiger partial charge in [-0.15, -0.1) is 0 Å². The number of thioether (sulfide) groups is 1. The maximum atomic E-state index is 10.6. The normalized spacial score (nSPS) is 43.5. The van der Waals surface area contributed by atoms with Gasteiger partial charge in [-0.05, 0) is 25.7 Å². The Hall–Kier alpha value is 0.0200. The van der Waals surface area contributed by atoms with E-state index in [0.29, 0.717) is 5.92 Å². The highest BCUT2D eigenvalue weighted by Gasteiger charge is 2.31. The molecule has 0 radical (unpaired) electrons. The highest BCUT2D eigenvalue weighted by molar-refractivity contribution is 8.00. The molecule has 0 aliphatic carbocycles. The summed E-state index contributed by atoms with van der Waals surface area (Å²) in [5, 5.41) is 1.63. The van der Waals surface area contributed by atoms with E-state index in [1.807, 2.05) is 0 Å². The van der Waals surface area contributed by atoms with Crippen molar-refractivity contribution in [1.29, 1.82) is 0 Å². The third kappa shape index (κ3) is 1.61. The Morgan fingerprint density at radius 2 is 1.82 bits per heavy atom. The van der Waals surface area contributed by atoms with Crippen LogP contribution in [0.3, 0.4) is 0 Å². The van der Waals surface area contributed by atoms with Crippen LogP contribution in [-0.2, 0) is 4.79 Å². The van der Waals surface area contributed by atoms with Gasteiger partial charge in [-0.2, -0.15) is 11.8 Å². The van der Waals surface area contributed by atoms with Gasteiger partial charge in [-0.3, -0.25) is 0 Å². The first-order valence-corrected chi connectivity index (χ1v) is 5.43. The largest absolute Gasteiger partial charge is 0.303 e. The molecule has 2 aliphatic heterocycles. The molecule has 2 heterocycles. The van der Waals surface area contributed by atoms with Crippen LogP contribution < -0.4 is 0 Å². The van der Waals surface area contributed by atoms with Gasteiger partial charge in [-0.25, -0.2) is 0 Å². The summed E-state index contributed by atoms with van der Waals surface area (Å²) in [6.07, 6.45) is 7.59. The van der Waals surface area contributed by atoms with E-state index >= 15 is 0 Å². The number of carbonyl (C=O) groups is 1. The molecule has 2 fully saturated rings. The van der Waals surface area contributed by atoms with Crippen LogP contribution in [0.5, 0.6) is 0 Å². The van der Waals surface area contributed by atoms with Crippen LogP contribution in [0.1, 0.15) is 32.1 Å². The monoisotopic (exact) mass is 170 g/mol. The van der Waals surface area contributed by atoms with E-state index in [1.165, 1.54) is 25.5 Å². The Morgan fingerprint density at radius 3 is 2.36 bits per heavy atom. The van der Waals surface area contributed by atoms with E-state index in [2.05, 4.69) is 11.8 Å². The topological polar surface area (TPSA) is 17.1 Å². The van der Waals surface area contributed by atoms with Gasteiger partial charge in [0.05, 0.1) is 0 Å². The van der Waals surface area contributed by atoms with Gasteiger partial charge < -0.3 is 4.79 Å². The zero-order valence-corrected chi connectivity index (χ0v) is 7.48. The van der Waals surface area contributed by atoms with Crippen molar-refractivity contribution in [3.8, 4) is 0 Å². The zero-order valence-electron chi connectivity index (χ0n) is 6.66. The predicted octanol–water partition coefficient (Wildman–Crippen LogP) is 2.25. The molecule has 2 aliphatic rings. The molecule has 1 nitrogen and oxygen atoms in total. The molecule has 2 bridgehead atoms. The molecule has 11 heavy (non-hydrogen) atoms. The molecule has 0 amide bonds. The van der Waals surface area contributed by atoms with Gasteiger partial charge in [-0.1, -0.05) is 6.42 Å². The number of fused-ring (bicyclic) bond motifs is 2. The standard InChI is InChI=1S/C9H14OS/c10-6-7-4-8-2-1-3-9(5-7)11-8/h6-9H,1-5H2. The van der Waals surface area contributed by atoms with Crippen molar-refractivity contribution in [2.24, 2.45) is 5.92 Å². The summed E-state index contributed by atoms with van der Waals surface area (Å²) in [6, 6.07) is 0. The quantitative estimate of drug-likeness (QED) is 0.561. The molecule has 0 aromatic carbocycles. The van der Waals surface area contributed by atoms with E-state index in [0.717, 1.165) is 23.3 Å². The zero-order chi connectivity index (χ0) is 7.68. The Labute approximate surface area is 71.9 Å². The summed E-state index contributed by atoms with van der Waals surface area (Å²) in [6.45, 7) is 0. The Bertz CT molecular complexity index is 146. The SMILES string of the molecule is O=CC1CC2CCCC(C1)S2. The van der Waals surface area contributed by atoms with Crippen molar-refractivity contribution in [1.82, 2.24) is 0 Å². The fraction of sp³-hybridized carbons (Fsp3) is 0.889. The second kappa shape index (κ2) is 3.18. The molecule has 0 N–H and O–H groups in total. The summed E-state index contributed by atoms with van der Waals surface area (Å²) in [7, 11) is 0. The van der Waals surface area contributed by atoms with Gasteiger partial charge in [0, 0.05) is 16.4 Å². The minimum absolute atomic E-state index is 0.395. The number of hydrogen-bond donors (Lipinski definition) is 0. The first-order chi connectivity index (χ1) is 5.38. The fourth-order valence-corrected chi connectivity index (χ4v) is 4.08. The number of carbonyl (C=O) groups excluding carboxylic acids is 1. The average molecular weight is 170 g/mol.